The molecule has 4 aromatic rings. The molecule has 0 atom stereocenters. The number of thiophene rings is 1. The van der Waals surface area contributed by atoms with Crippen LogP contribution in [0.2, 0.25) is 51.4 Å². The lowest BCUT2D eigenvalue weighted by Gasteiger charge is -2.39. The first-order valence-corrected chi connectivity index (χ1v) is 29.5. The van der Waals surface area contributed by atoms with E-state index in [1.54, 1.807) is 4.88 Å². The third kappa shape index (κ3) is 13.6. The van der Waals surface area contributed by atoms with Gasteiger partial charge in [0, 0.05) is 98.0 Å². The summed E-state index contributed by atoms with van der Waals surface area (Å²) in [7, 11) is -2.27. The number of aromatic nitrogens is 4. The minimum Gasteiger partial charge on any atom is -0.361 e. The van der Waals surface area contributed by atoms with Crippen molar-refractivity contribution in [1.29, 1.82) is 0 Å². The second kappa shape index (κ2) is 20.0. The van der Waals surface area contributed by atoms with E-state index in [0.717, 1.165) is 63.9 Å². The predicted octanol–water partition coefficient (Wildman–Crippen LogP) is 8.75. The fraction of sp³-hybridized carbons (Fsp3) is 0.636. The Morgan fingerprint density at radius 2 is 1.30 bits per heavy atom. The van der Waals surface area contributed by atoms with Gasteiger partial charge in [-0.1, -0.05) is 63.5 Å². The number of imidazole rings is 2. The van der Waals surface area contributed by atoms with Gasteiger partial charge < -0.3 is 23.9 Å². The molecule has 5 heterocycles. The molecule has 2 aliphatic heterocycles. The zero-order valence-corrected chi connectivity index (χ0v) is 38.5. The molecule has 0 unspecified atom stereocenters. The predicted molar refractivity (Wildman–Crippen MR) is 238 cm³/mol. The molecule has 0 saturated carbocycles. The first-order chi connectivity index (χ1) is 26.8. The lowest BCUT2D eigenvalue weighted by Crippen LogP contribution is -2.41. The van der Waals surface area contributed by atoms with Gasteiger partial charge in [-0.25, -0.2) is 9.97 Å². The Balaban J connectivity index is 0.993. The normalized spacial score (nSPS) is 16.9. The quantitative estimate of drug-likeness (QED) is 0.0629. The van der Waals surface area contributed by atoms with Crippen LogP contribution in [-0.4, -0.2) is 91.0 Å². The molecule has 2 saturated heterocycles. The molecule has 0 bridgehead atoms. The van der Waals surface area contributed by atoms with E-state index < -0.39 is 16.1 Å². The summed E-state index contributed by atoms with van der Waals surface area (Å²) in [5.74, 6) is 2.46. The van der Waals surface area contributed by atoms with E-state index in [2.05, 4.69) is 119 Å². The number of likely N-dealkylation sites (tertiary alicyclic amines) is 2. The molecule has 56 heavy (non-hydrogen) atoms. The molecular formula is C44H71N7O2SSi2. The van der Waals surface area contributed by atoms with E-state index in [0.29, 0.717) is 24.8 Å². The van der Waals surface area contributed by atoms with Crippen LogP contribution in [0.1, 0.15) is 52.5 Å². The lowest BCUT2D eigenvalue weighted by atomic mass is 9.78. The molecule has 1 aromatic carbocycles. The summed E-state index contributed by atoms with van der Waals surface area (Å²) in [5.41, 5.74) is 4.72. The largest absolute Gasteiger partial charge is 0.361 e. The SMILES string of the molecule is Cc1ccsc1CN1CCC2(CC1)CCN(Cc1ccc(CNCC(Cc3nccn3COCC[Si](C)(C)C)Cc3nccn3COCC[Si](C)(C)C)cc1)C2. The summed E-state index contributed by atoms with van der Waals surface area (Å²) in [5, 5.41) is 6.05. The number of ether oxygens (including phenoxy) is 2. The van der Waals surface area contributed by atoms with E-state index in [1.807, 2.05) is 23.7 Å². The maximum Gasteiger partial charge on any atom is 0.123 e. The van der Waals surface area contributed by atoms with Crippen LogP contribution in [0.3, 0.4) is 0 Å². The van der Waals surface area contributed by atoms with Crippen molar-refractivity contribution in [3.05, 3.63) is 93.7 Å². The van der Waals surface area contributed by atoms with Crippen molar-refractivity contribution in [3.8, 4) is 0 Å². The third-order valence-corrected chi connectivity index (χ3v) is 16.4. The fourth-order valence-corrected chi connectivity index (χ4v) is 10.5. The molecule has 12 heteroatoms. The summed E-state index contributed by atoms with van der Waals surface area (Å²) >= 11 is 1.92. The molecule has 3 aromatic heterocycles. The van der Waals surface area contributed by atoms with Crippen molar-refractivity contribution in [2.75, 3.05) is 45.9 Å². The number of piperidine rings is 1. The van der Waals surface area contributed by atoms with E-state index >= 15 is 0 Å². The van der Waals surface area contributed by atoms with Crippen LogP contribution in [0.25, 0.3) is 0 Å². The van der Waals surface area contributed by atoms with Gasteiger partial charge in [-0.05, 0) is 104 Å². The molecule has 1 spiro atoms. The molecule has 9 nitrogen and oxygen atoms in total. The average molecular weight is 818 g/mol. The minimum atomic E-state index is -1.14. The molecule has 1 N–H and O–H groups in total. The van der Waals surface area contributed by atoms with Gasteiger partial charge in [-0.2, -0.15) is 0 Å². The highest BCUT2D eigenvalue weighted by Gasteiger charge is 2.40. The smallest absolute Gasteiger partial charge is 0.123 e. The van der Waals surface area contributed by atoms with Crippen LogP contribution in [0, 0.1) is 18.3 Å². The molecule has 0 aliphatic carbocycles. The Morgan fingerprint density at radius 3 is 1.84 bits per heavy atom. The van der Waals surface area contributed by atoms with Gasteiger partial charge in [-0.3, -0.25) is 9.80 Å². The lowest BCUT2D eigenvalue weighted by molar-refractivity contribution is 0.0836. The van der Waals surface area contributed by atoms with Crippen molar-refractivity contribution in [2.45, 2.75) is 123 Å². The van der Waals surface area contributed by atoms with Crippen LogP contribution in [-0.2, 0) is 55.4 Å². The monoisotopic (exact) mass is 817 g/mol. The number of hydrogen-bond donors (Lipinski definition) is 1. The number of benzene rings is 1. The number of hydrogen-bond acceptors (Lipinski definition) is 8. The molecule has 0 radical (unpaired) electrons. The number of nitrogens with zero attached hydrogens (tertiary/aromatic N) is 6. The second-order valence-corrected chi connectivity index (χ2v) is 31.6. The minimum absolute atomic E-state index is 0.315. The van der Waals surface area contributed by atoms with Crippen molar-refractivity contribution in [3.63, 3.8) is 0 Å². The topological polar surface area (TPSA) is 72.6 Å². The third-order valence-electron chi connectivity index (χ3n) is 12.0. The summed E-state index contributed by atoms with van der Waals surface area (Å²) < 4.78 is 16.6. The maximum atomic E-state index is 6.13. The zero-order chi connectivity index (χ0) is 39.6. The molecule has 2 fully saturated rings. The van der Waals surface area contributed by atoms with E-state index in [1.165, 1.54) is 74.2 Å². The van der Waals surface area contributed by atoms with Gasteiger partial charge in [-0.15, -0.1) is 11.3 Å². The summed E-state index contributed by atoms with van der Waals surface area (Å²) in [6, 6.07) is 13.9. The first kappa shape index (κ1) is 43.2. The Kier molecular flexibility index (Phi) is 15.4. The van der Waals surface area contributed by atoms with Crippen molar-refractivity contribution >= 4 is 27.5 Å². The zero-order valence-electron chi connectivity index (χ0n) is 35.7. The van der Waals surface area contributed by atoms with E-state index in [4.69, 9.17) is 19.4 Å². The van der Waals surface area contributed by atoms with Crippen LogP contribution < -0.4 is 5.32 Å². The summed E-state index contributed by atoms with van der Waals surface area (Å²) in [6.45, 7) is 28.2. The number of rotatable bonds is 22. The van der Waals surface area contributed by atoms with Crippen molar-refractivity contribution in [2.24, 2.45) is 11.3 Å². The molecule has 2 aliphatic rings. The standard InChI is InChI=1S/C44H71N7O2SSi2/c1-37-12-25-54-41(37)33-48-18-13-44(14-19-48)15-20-49(34-44)32-39-10-8-38(9-11-39)30-45-31-40(28-42-46-16-21-50(42)35-52-23-26-55(2,3)4)29-43-47-17-22-51(43)36-53-24-27-56(5,6)7/h8-12,16-17,21-22,25,40,45H,13-15,18-20,23-24,26-36H2,1-7H3. The van der Waals surface area contributed by atoms with Crippen molar-refractivity contribution < 1.29 is 9.47 Å². The fourth-order valence-electron chi connectivity index (χ4n) is 8.08. The van der Waals surface area contributed by atoms with Crippen LogP contribution in [0.15, 0.2) is 60.5 Å². The van der Waals surface area contributed by atoms with Crippen LogP contribution in [0.5, 0.6) is 0 Å². The Labute approximate surface area is 344 Å². The first-order valence-electron chi connectivity index (χ1n) is 21.2. The highest BCUT2D eigenvalue weighted by molar-refractivity contribution is 7.10. The van der Waals surface area contributed by atoms with Crippen molar-refractivity contribution in [1.82, 2.24) is 34.2 Å². The average Bonchev–Trinajstić information content (AvgIpc) is 3.96. The highest BCUT2D eigenvalue weighted by atomic mass is 32.1. The number of nitrogens with one attached hydrogen (secondary N) is 1. The van der Waals surface area contributed by atoms with E-state index in [9.17, 15) is 0 Å². The van der Waals surface area contributed by atoms with Gasteiger partial charge in [0.1, 0.15) is 25.1 Å². The van der Waals surface area contributed by atoms with Crippen LogP contribution >= 0.6 is 11.3 Å². The van der Waals surface area contributed by atoms with Gasteiger partial charge in [0.25, 0.3) is 0 Å². The van der Waals surface area contributed by atoms with E-state index in [-0.39, 0.29) is 0 Å². The summed E-state index contributed by atoms with van der Waals surface area (Å²) in [4.78, 5) is 16.5. The number of aryl methyl sites for hydroxylation is 1. The molecule has 0 amide bonds. The second-order valence-electron chi connectivity index (χ2n) is 19.3. The maximum absolute atomic E-state index is 6.13. The van der Waals surface area contributed by atoms with Gasteiger partial charge in [0.15, 0.2) is 0 Å². The molecule has 308 valence electrons. The Bertz CT molecular complexity index is 1690. The molecular weight excluding hydrogens is 747 g/mol. The van der Waals surface area contributed by atoms with Gasteiger partial charge >= 0.3 is 0 Å². The Morgan fingerprint density at radius 1 is 0.750 bits per heavy atom. The van der Waals surface area contributed by atoms with Gasteiger partial charge in [0.2, 0.25) is 0 Å². The highest BCUT2D eigenvalue weighted by Crippen LogP contribution is 2.41. The van der Waals surface area contributed by atoms with Gasteiger partial charge in [0.05, 0.1) is 0 Å². The summed E-state index contributed by atoms with van der Waals surface area (Å²) in [6.07, 6.45) is 13.7. The Hall–Kier alpha value is -2.43. The van der Waals surface area contributed by atoms with Crippen LogP contribution in [0.4, 0.5) is 0 Å². The molecule has 6 rings (SSSR count).